The van der Waals surface area contributed by atoms with E-state index in [1.54, 1.807) is 23.1 Å². The minimum absolute atomic E-state index is 0.122. The number of rotatable bonds is 5. The maximum atomic E-state index is 12.8. The van der Waals surface area contributed by atoms with Gasteiger partial charge in [-0.2, -0.15) is 5.10 Å². The van der Waals surface area contributed by atoms with Crippen molar-refractivity contribution in [3.8, 4) is 0 Å². The van der Waals surface area contributed by atoms with Gasteiger partial charge in [0.25, 0.3) is 0 Å². The van der Waals surface area contributed by atoms with Crippen molar-refractivity contribution >= 4 is 16.9 Å². The number of hydrogen-bond donors (Lipinski definition) is 1. The van der Waals surface area contributed by atoms with Gasteiger partial charge in [0.05, 0.1) is 0 Å². The van der Waals surface area contributed by atoms with Crippen molar-refractivity contribution in [2.45, 2.75) is 19.0 Å². The molecule has 2 heterocycles. The Balaban J connectivity index is 1.68. The van der Waals surface area contributed by atoms with E-state index in [0.29, 0.717) is 5.76 Å². The van der Waals surface area contributed by atoms with Crippen LogP contribution in [0.25, 0.3) is 11.0 Å². The van der Waals surface area contributed by atoms with Gasteiger partial charge in [-0.1, -0.05) is 48.5 Å². The summed E-state index contributed by atoms with van der Waals surface area (Å²) < 4.78 is 7.65. The summed E-state index contributed by atoms with van der Waals surface area (Å²) in [5.74, 6) is 0.585. The van der Waals surface area contributed by atoms with Crippen molar-refractivity contribution in [3.05, 3.63) is 90.4 Å². The van der Waals surface area contributed by atoms with Crippen LogP contribution in [0.5, 0.6) is 0 Å². The normalized spacial score (nSPS) is 13.4. The molecule has 0 unspecified atom stereocenters. The largest absolute Gasteiger partial charge is 0.459 e. The van der Waals surface area contributed by atoms with Gasteiger partial charge in [0, 0.05) is 17.8 Å². The Morgan fingerprint density at radius 1 is 1.08 bits per heavy atom. The fourth-order valence-corrected chi connectivity index (χ4v) is 3.00. The summed E-state index contributed by atoms with van der Waals surface area (Å²) in [7, 11) is 0. The molecule has 2 atom stereocenters. The number of hydrogen-bond acceptors (Lipinski definition) is 3. The molecule has 1 amide bonds. The number of aromatic nitrogens is 2. The quantitative estimate of drug-likeness (QED) is 0.592. The Kier molecular flexibility index (Phi) is 4.27. The van der Waals surface area contributed by atoms with Crippen molar-refractivity contribution in [3.63, 3.8) is 0 Å². The van der Waals surface area contributed by atoms with Gasteiger partial charge in [0.2, 0.25) is 5.91 Å². The number of benzene rings is 2. The highest BCUT2D eigenvalue weighted by Crippen LogP contribution is 2.28. The molecule has 4 rings (SSSR count). The molecule has 4 aromatic rings. The van der Waals surface area contributed by atoms with Crippen LogP contribution in [0, 0.1) is 0 Å². The molecule has 2 aromatic carbocycles. The number of nitrogens with one attached hydrogen (secondary N) is 1. The summed E-state index contributed by atoms with van der Waals surface area (Å²) in [5, 5.41) is 8.27. The first kappa shape index (κ1) is 16.1. The molecule has 0 aliphatic carbocycles. The van der Waals surface area contributed by atoms with Crippen LogP contribution in [0.3, 0.4) is 0 Å². The van der Waals surface area contributed by atoms with Crippen molar-refractivity contribution in [2.24, 2.45) is 0 Å². The smallest absolute Gasteiger partial charge is 0.245 e. The summed E-state index contributed by atoms with van der Waals surface area (Å²) >= 11 is 0. The molecule has 5 nitrogen and oxygen atoms in total. The molecule has 0 fully saturated rings. The fraction of sp³-hybridized carbons (Fsp3) is 0.143. The van der Waals surface area contributed by atoms with E-state index < -0.39 is 6.04 Å². The molecular weight excluding hydrogens is 326 g/mol. The summed E-state index contributed by atoms with van der Waals surface area (Å²) in [6, 6.07) is 20.7. The van der Waals surface area contributed by atoms with E-state index in [4.69, 9.17) is 4.42 Å². The van der Waals surface area contributed by atoms with Gasteiger partial charge in [-0.15, -0.1) is 0 Å². The molecule has 0 saturated heterocycles. The highest BCUT2D eigenvalue weighted by atomic mass is 16.3. The molecule has 0 aliphatic rings. The van der Waals surface area contributed by atoms with E-state index >= 15 is 0 Å². The third kappa shape index (κ3) is 3.11. The van der Waals surface area contributed by atoms with Gasteiger partial charge in [0.15, 0.2) is 0 Å². The maximum absolute atomic E-state index is 12.8. The van der Waals surface area contributed by atoms with E-state index in [9.17, 15) is 4.79 Å². The minimum Gasteiger partial charge on any atom is -0.459 e. The first-order chi connectivity index (χ1) is 12.7. The van der Waals surface area contributed by atoms with Gasteiger partial charge in [-0.3, -0.25) is 9.48 Å². The number of nitrogens with zero attached hydrogens (tertiary/aromatic N) is 2. The van der Waals surface area contributed by atoms with Crippen molar-refractivity contribution in [1.82, 2.24) is 15.1 Å². The second-order valence-electron chi connectivity index (χ2n) is 6.20. The fourth-order valence-electron chi connectivity index (χ4n) is 3.00. The van der Waals surface area contributed by atoms with E-state index in [-0.39, 0.29) is 11.9 Å². The standard InChI is InChI=1S/C21H19N3O2/c1-15(24-13-7-12-22-24)21(25)23-20(16-8-3-2-4-9-16)19-14-17-10-5-6-11-18(17)26-19/h2-15,20H,1H3,(H,23,25)/t15-,20+/m0/s1. The first-order valence-electron chi connectivity index (χ1n) is 8.55. The molecule has 1 N–H and O–H groups in total. The topological polar surface area (TPSA) is 60.1 Å². The van der Waals surface area contributed by atoms with Crippen molar-refractivity contribution in [1.29, 1.82) is 0 Å². The lowest BCUT2D eigenvalue weighted by atomic mass is 10.0. The average molecular weight is 345 g/mol. The van der Waals surface area contributed by atoms with E-state index in [1.807, 2.05) is 67.6 Å². The zero-order valence-electron chi connectivity index (χ0n) is 14.4. The van der Waals surface area contributed by atoms with Gasteiger partial charge in [0.1, 0.15) is 23.4 Å². The first-order valence-corrected chi connectivity index (χ1v) is 8.55. The van der Waals surface area contributed by atoms with E-state index in [2.05, 4.69) is 10.4 Å². The number of carbonyl (C=O) groups excluding carboxylic acids is 1. The molecule has 26 heavy (non-hydrogen) atoms. The number of carbonyl (C=O) groups is 1. The summed E-state index contributed by atoms with van der Waals surface area (Å²) in [4.78, 5) is 12.8. The van der Waals surface area contributed by atoms with Gasteiger partial charge < -0.3 is 9.73 Å². The minimum atomic E-state index is -0.416. The second-order valence-corrected chi connectivity index (χ2v) is 6.20. The number of fused-ring (bicyclic) bond motifs is 1. The lowest BCUT2D eigenvalue weighted by Gasteiger charge is -2.20. The van der Waals surface area contributed by atoms with Crippen LogP contribution >= 0.6 is 0 Å². The van der Waals surface area contributed by atoms with Crippen molar-refractivity contribution in [2.75, 3.05) is 0 Å². The monoisotopic (exact) mass is 345 g/mol. The zero-order valence-corrected chi connectivity index (χ0v) is 14.4. The molecule has 130 valence electrons. The average Bonchev–Trinajstić information content (AvgIpc) is 3.35. The molecule has 0 spiro atoms. The third-order valence-electron chi connectivity index (χ3n) is 4.45. The lowest BCUT2D eigenvalue weighted by molar-refractivity contribution is -0.124. The van der Waals surface area contributed by atoms with Crippen LogP contribution < -0.4 is 5.32 Å². The molecule has 0 radical (unpaired) electrons. The molecule has 0 bridgehead atoms. The van der Waals surface area contributed by atoms with E-state index in [1.165, 1.54) is 0 Å². The molecular formula is C21H19N3O2. The Morgan fingerprint density at radius 2 is 1.85 bits per heavy atom. The Labute approximate surface area is 151 Å². The number of amides is 1. The Morgan fingerprint density at radius 3 is 2.58 bits per heavy atom. The van der Waals surface area contributed by atoms with Crippen LogP contribution in [0.1, 0.15) is 30.3 Å². The van der Waals surface area contributed by atoms with Crippen LogP contribution in [0.4, 0.5) is 0 Å². The predicted molar refractivity (Wildman–Crippen MR) is 99.6 cm³/mol. The zero-order chi connectivity index (χ0) is 17.9. The molecule has 0 aliphatic heterocycles. The van der Waals surface area contributed by atoms with Crippen LogP contribution in [-0.2, 0) is 4.79 Å². The van der Waals surface area contributed by atoms with Crippen LogP contribution in [0.15, 0.2) is 83.5 Å². The predicted octanol–water partition coefficient (Wildman–Crippen LogP) is 4.10. The van der Waals surface area contributed by atoms with E-state index in [0.717, 1.165) is 16.5 Å². The summed E-state index contributed by atoms with van der Waals surface area (Å²) in [6.07, 6.45) is 3.45. The van der Waals surface area contributed by atoms with Gasteiger partial charge >= 0.3 is 0 Å². The summed E-state index contributed by atoms with van der Waals surface area (Å²) in [5.41, 5.74) is 1.77. The second kappa shape index (κ2) is 6.88. The Hall–Kier alpha value is -3.34. The van der Waals surface area contributed by atoms with Crippen LogP contribution in [0.2, 0.25) is 0 Å². The molecule has 0 saturated carbocycles. The molecule has 2 aromatic heterocycles. The molecule has 5 heteroatoms. The number of furan rings is 1. The third-order valence-corrected chi connectivity index (χ3v) is 4.45. The number of para-hydroxylation sites is 1. The van der Waals surface area contributed by atoms with Gasteiger partial charge in [-0.25, -0.2) is 0 Å². The SMILES string of the molecule is C[C@@H](C(=O)N[C@H](c1ccccc1)c1cc2ccccc2o1)n1cccn1. The Bertz CT molecular complexity index is 973. The van der Waals surface area contributed by atoms with Crippen molar-refractivity contribution < 1.29 is 9.21 Å². The maximum Gasteiger partial charge on any atom is 0.245 e. The highest BCUT2D eigenvalue weighted by Gasteiger charge is 2.24. The highest BCUT2D eigenvalue weighted by molar-refractivity contribution is 5.81. The van der Waals surface area contributed by atoms with Crippen LogP contribution in [-0.4, -0.2) is 15.7 Å². The van der Waals surface area contributed by atoms with Gasteiger partial charge in [-0.05, 0) is 30.7 Å². The summed E-state index contributed by atoms with van der Waals surface area (Å²) in [6.45, 7) is 1.82. The lowest BCUT2D eigenvalue weighted by Crippen LogP contribution is -2.34.